The van der Waals surface area contributed by atoms with Crippen LogP contribution in [0.2, 0.25) is 0 Å². The molecule has 0 aliphatic carbocycles. The van der Waals surface area contributed by atoms with Gasteiger partial charge in [-0.25, -0.2) is 0 Å². The van der Waals surface area contributed by atoms with Crippen molar-refractivity contribution in [3.63, 3.8) is 0 Å². The predicted octanol–water partition coefficient (Wildman–Crippen LogP) is 6.91. The van der Waals surface area contributed by atoms with E-state index < -0.39 is 0 Å². The molecule has 160 valence electrons. The lowest BCUT2D eigenvalue weighted by molar-refractivity contribution is -0.118. The van der Waals surface area contributed by atoms with Gasteiger partial charge in [0.15, 0.2) is 5.78 Å². The van der Waals surface area contributed by atoms with E-state index in [4.69, 9.17) is 4.74 Å². The maximum Gasteiger partial charge on any atom is 0.167 e. The molecule has 0 N–H and O–H groups in total. The van der Waals surface area contributed by atoms with Gasteiger partial charge in [-0.1, -0.05) is 60.7 Å². The number of para-hydroxylation sites is 2. The Morgan fingerprint density at radius 2 is 1.06 bits per heavy atom. The molecule has 0 radical (unpaired) electrons. The number of benzene rings is 4. The fourth-order valence-corrected chi connectivity index (χ4v) is 3.64. The molecule has 0 heterocycles. The Hall–Kier alpha value is -3.85. The molecule has 0 saturated carbocycles. The summed E-state index contributed by atoms with van der Waals surface area (Å²) in [5, 5.41) is 0. The van der Waals surface area contributed by atoms with Crippen molar-refractivity contribution in [1.29, 1.82) is 0 Å². The first-order chi connectivity index (χ1) is 15.7. The third-order valence-electron chi connectivity index (χ3n) is 5.29. The molecular weight excluding hydrogens is 394 g/mol. The molecule has 0 fully saturated rings. The lowest BCUT2D eigenvalue weighted by atomic mass is 10.0. The van der Waals surface area contributed by atoms with E-state index in [9.17, 15) is 4.79 Å². The molecule has 0 bridgehead atoms. The van der Waals surface area contributed by atoms with Gasteiger partial charge in [-0.3, -0.25) is 4.79 Å². The van der Waals surface area contributed by atoms with Gasteiger partial charge in [0, 0.05) is 17.1 Å². The normalized spacial score (nSPS) is 10.5. The summed E-state index contributed by atoms with van der Waals surface area (Å²) in [5.74, 6) is 0.755. The molecule has 4 aromatic rings. The summed E-state index contributed by atoms with van der Waals surface area (Å²) >= 11 is 0. The van der Waals surface area contributed by atoms with Crippen molar-refractivity contribution in [3.05, 3.63) is 120 Å². The van der Waals surface area contributed by atoms with E-state index in [1.807, 2.05) is 24.3 Å². The van der Waals surface area contributed by atoms with E-state index in [0.29, 0.717) is 0 Å². The van der Waals surface area contributed by atoms with E-state index >= 15 is 0 Å². The lowest BCUT2D eigenvalue weighted by Gasteiger charge is -2.25. The van der Waals surface area contributed by atoms with Crippen molar-refractivity contribution in [3.8, 4) is 5.75 Å². The van der Waals surface area contributed by atoms with Crippen LogP contribution in [0.3, 0.4) is 0 Å². The Morgan fingerprint density at radius 1 is 0.625 bits per heavy atom. The largest absolute Gasteiger partial charge is 0.486 e. The Kier molecular flexibility index (Phi) is 6.98. The number of Topliss-reactive ketones (excluding diaryl/α,β-unsaturated/α-hetero) is 1. The second-order valence-corrected chi connectivity index (χ2v) is 7.81. The average Bonchev–Trinajstić information content (AvgIpc) is 2.84. The Labute approximate surface area is 189 Å². The molecular formula is C29H27NO2. The van der Waals surface area contributed by atoms with E-state index in [1.165, 1.54) is 18.1 Å². The first-order valence-corrected chi connectivity index (χ1v) is 10.9. The number of hydrogen-bond donors (Lipinski definition) is 0. The van der Waals surface area contributed by atoms with Crippen LogP contribution >= 0.6 is 0 Å². The Bertz CT molecular complexity index is 1080. The number of rotatable bonds is 9. The Morgan fingerprint density at radius 3 is 1.53 bits per heavy atom. The van der Waals surface area contributed by atoms with E-state index in [0.717, 1.165) is 35.7 Å². The Balaban J connectivity index is 1.44. The first kappa shape index (κ1) is 21.4. The minimum absolute atomic E-state index is 0.0237. The number of ketones is 1. The fraction of sp³-hybridized carbons (Fsp3) is 0.138. The second-order valence-electron chi connectivity index (χ2n) is 7.81. The van der Waals surface area contributed by atoms with Gasteiger partial charge < -0.3 is 9.64 Å². The van der Waals surface area contributed by atoms with Gasteiger partial charge in [-0.15, -0.1) is 0 Å². The highest BCUT2D eigenvalue weighted by Gasteiger charge is 2.11. The van der Waals surface area contributed by atoms with Crippen LogP contribution in [0.5, 0.6) is 5.75 Å². The third kappa shape index (κ3) is 5.64. The molecule has 0 spiro atoms. The first-order valence-electron chi connectivity index (χ1n) is 10.9. The summed E-state index contributed by atoms with van der Waals surface area (Å²) in [5.41, 5.74) is 5.96. The van der Waals surface area contributed by atoms with Crippen molar-refractivity contribution in [2.45, 2.75) is 19.8 Å². The topological polar surface area (TPSA) is 29.5 Å². The maximum atomic E-state index is 11.0. The lowest BCUT2D eigenvalue weighted by Crippen LogP contribution is -2.09. The van der Waals surface area contributed by atoms with Crippen molar-refractivity contribution in [1.82, 2.24) is 0 Å². The standard InChI is InChI=1S/C29H27NO2/c1-23(31)22-32-29-20-16-25(17-21-29)13-12-24-14-18-28(19-15-24)30(26-8-4-2-5-9-26)27-10-6-3-7-11-27/h2-11,14-21H,12-13,22H2,1H3. The molecule has 3 heteroatoms. The number of aryl methyl sites for hydroxylation is 2. The zero-order valence-electron chi connectivity index (χ0n) is 18.3. The summed E-state index contributed by atoms with van der Waals surface area (Å²) in [4.78, 5) is 13.3. The van der Waals surface area contributed by atoms with Crippen LogP contribution in [0.15, 0.2) is 109 Å². The molecule has 0 unspecified atom stereocenters. The highest BCUT2D eigenvalue weighted by atomic mass is 16.5. The molecule has 0 amide bonds. The summed E-state index contributed by atoms with van der Waals surface area (Å²) < 4.78 is 5.44. The van der Waals surface area contributed by atoms with E-state index in [-0.39, 0.29) is 12.4 Å². The average molecular weight is 422 g/mol. The van der Waals surface area contributed by atoms with Gasteiger partial charge in [-0.05, 0) is 79.4 Å². The molecule has 4 aromatic carbocycles. The van der Waals surface area contributed by atoms with Gasteiger partial charge in [0.1, 0.15) is 12.4 Å². The number of anilines is 3. The van der Waals surface area contributed by atoms with Gasteiger partial charge in [0.2, 0.25) is 0 Å². The van der Waals surface area contributed by atoms with Crippen LogP contribution < -0.4 is 9.64 Å². The molecule has 0 aliphatic rings. The molecule has 4 rings (SSSR count). The molecule has 0 saturated heterocycles. The maximum absolute atomic E-state index is 11.0. The van der Waals surface area contributed by atoms with Gasteiger partial charge >= 0.3 is 0 Å². The monoisotopic (exact) mass is 421 g/mol. The SMILES string of the molecule is CC(=O)COc1ccc(CCc2ccc(N(c3ccccc3)c3ccccc3)cc2)cc1. The zero-order chi connectivity index (χ0) is 22.2. The summed E-state index contributed by atoms with van der Waals surface area (Å²) in [6, 6.07) is 37.6. The molecule has 3 nitrogen and oxygen atoms in total. The minimum Gasteiger partial charge on any atom is -0.486 e. The second kappa shape index (κ2) is 10.5. The van der Waals surface area contributed by atoms with Crippen molar-refractivity contribution < 1.29 is 9.53 Å². The van der Waals surface area contributed by atoms with Crippen LogP contribution in [0, 0.1) is 0 Å². The highest BCUT2D eigenvalue weighted by Crippen LogP contribution is 2.34. The van der Waals surface area contributed by atoms with Crippen molar-refractivity contribution >= 4 is 22.8 Å². The third-order valence-corrected chi connectivity index (χ3v) is 5.29. The molecule has 0 aromatic heterocycles. The number of nitrogens with zero attached hydrogens (tertiary/aromatic N) is 1. The minimum atomic E-state index is 0.0237. The number of ether oxygens (including phenoxy) is 1. The van der Waals surface area contributed by atoms with Crippen LogP contribution in [0.25, 0.3) is 0 Å². The van der Waals surface area contributed by atoms with Crippen LogP contribution in [0.4, 0.5) is 17.1 Å². The van der Waals surface area contributed by atoms with Gasteiger partial charge in [0.05, 0.1) is 0 Å². The van der Waals surface area contributed by atoms with Crippen molar-refractivity contribution in [2.75, 3.05) is 11.5 Å². The fourth-order valence-electron chi connectivity index (χ4n) is 3.64. The number of carbonyl (C=O) groups is 1. The van der Waals surface area contributed by atoms with Crippen molar-refractivity contribution in [2.24, 2.45) is 0 Å². The van der Waals surface area contributed by atoms with Crippen LogP contribution in [-0.4, -0.2) is 12.4 Å². The zero-order valence-corrected chi connectivity index (χ0v) is 18.3. The summed E-state index contributed by atoms with van der Waals surface area (Å²) in [6.45, 7) is 1.65. The number of carbonyl (C=O) groups excluding carboxylic acids is 1. The van der Waals surface area contributed by atoms with Gasteiger partial charge in [-0.2, -0.15) is 0 Å². The summed E-state index contributed by atoms with van der Waals surface area (Å²) in [6.07, 6.45) is 1.91. The summed E-state index contributed by atoms with van der Waals surface area (Å²) in [7, 11) is 0. The predicted molar refractivity (Wildman–Crippen MR) is 131 cm³/mol. The smallest absolute Gasteiger partial charge is 0.167 e. The van der Waals surface area contributed by atoms with Crippen LogP contribution in [0.1, 0.15) is 18.1 Å². The number of hydrogen-bond acceptors (Lipinski definition) is 3. The van der Waals surface area contributed by atoms with Crippen LogP contribution in [-0.2, 0) is 17.6 Å². The molecule has 32 heavy (non-hydrogen) atoms. The quantitative estimate of drug-likeness (QED) is 0.294. The van der Waals surface area contributed by atoms with E-state index in [1.54, 1.807) is 0 Å². The molecule has 0 aliphatic heterocycles. The highest BCUT2D eigenvalue weighted by molar-refractivity contribution is 5.77. The van der Waals surface area contributed by atoms with E-state index in [2.05, 4.69) is 89.8 Å². The van der Waals surface area contributed by atoms with Gasteiger partial charge in [0.25, 0.3) is 0 Å². The molecule has 0 atom stereocenters.